The molecule has 154 valence electrons. The number of nitrogens with one attached hydrogen (secondary N) is 2. The normalized spacial score (nSPS) is 10.9. The Bertz CT molecular complexity index is 788. The summed E-state index contributed by atoms with van der Waals surface area (Å²) in [7, 11) is 1.51. The van der Waals surface area contributed by atoms with Crippen molar-refractivity contribution in [2.45, 2.75) is 19.8 Å². The summed E-state index contributed by atoms with van der Waals surface area (Å²) in [5, 5.41) is 16.3. The van der Waals surface area contributed by atoms with Crippen molar-refractivity contribution in [3.63, 3.8) is 0 Å². The molecule has 3 N–H and O–H groups in total. The topological polar surface area (TPSA) is 65.9 Å². The second-order valence-corrected chi connectivity index (χ2v) is 5.89. The minimum Gasteiger partial charge on any atom is -0.504 e. The molecule has 0 bridgehead atoms. The number of hydrogen-bond acceptors (Lipinski definition) is 3. The minimum absolute atomic E-state index is 0. The highest BCUT2D eigenvalue weighted by Gasteiger charge is 2.07. The van der Waals surface area contributed by atoms with Gasteiger partial charge in [-0.15, -0.1) is 24.0 Å². The summed E-state index contributed by atoms with van der Waals surface area (Å²) in [6.45, 7) is 3.48. The summed E-state index contributed by atoms with van der Waals surface area (Å²) in [6, 6.07) is 8.76. The van der Waals surface area contributed by atoms with Crippen LogP contribution in [0.1, 0.15) is 18.1 Å². The van der Waals surface area contributed by atoms with E-state index in [1.165, 1.54) is 13.2 Å². The fraction of sp³-hybridized carbons (Fsp3) is 0.350. The van der Waals surface area contributed by atoms with Crippen LogP contribution in [0.15, 0.2) is 41.4 Å². The number of phenols is 1. The maximum Gasteiger partial charge on any atom is 0.191 e. The summed E-state index contributed by atoms with van der Waals surface area (Å²) in [5.74, 6) is 0.253. The van der Waals surface area contributed by atoms with Gasteiger partial charge in [0.1, 0.15) is 11.6 Å². The molecule has 0 aliphatic rings. The van der Waals surface area contributed by atoms with Gasteiger partial charge in [-0.25, -0.2) is 8.78 Å². The Labute approximate surface area is 181 Å². The monoisotopic (exact) mass is 505 g/mol. The van der Waals surface area contributed by atoms with Gasteiger partial charge in [0.25, 0.3) is 0 Å². The molecular formula is C20H26F2IN3O2. The molecule has 0 radical (unpaired) electrons. The SMILES string of the molecule is CCNC(=NCCc1cccc(OC)c1O)NCCc1cc(F)ccc1F.I. The van der Waals surface area contributed by atoms with Gasteiger partial charge in [0, 0.05) is 19.6 Å². The zero-order valence-corrected chi connectivity index (χ0v) is 18.3. The predicted octanol–water partition coefficient (Wildman–Crippen LogP) is 3.64. The number of benzene rings is 2. The molecule has 0 saturated carbocycles. The Morgan fingerprint density at radius 2 is 1.89 bits per heavy atom. The number of methoxy groups -OCH3 is 1. The van der Waals surface area contributed by atoms with Gasteiger partial charge in [-0.3, -0.25) is 4.99 Å². The first kappa shape index (κ1) is 23.9. The van der Waals surface area contributed by atoms with Gasteiger partial charge < -0.3 is 20.5 Å². The van der Waals surface area contributed by atoms with Crippen LogP contribution in [0.2, 0.25) is 0 Å². The van der Waals surface area contributed by atoms with E-state index in [-0.39, 0.29) is 29.7 Å². The number of aromatic hydroxyl groups is 1. The average molecular weight is 505 g/mol. The smallest absolute Gasteiger partial charge is 0.191 e. The molecule has 2 aromatic carbocycles. The van der Waals surface area contributed by atoms with Gasteiger partial charge >= 0.3 is 0 Å². The summed E-state index contributed by atoms with van der Waals surface area (Å²) >= 11 is 0. The van der Waals surface area contributed by atoms with Crippen LogP contribution < -0.4 is 15.4 Å². The fourth-order valence-electron chi connectivity index (χ4n) is 2.61. The number of phenolic OH excluding ortho intramolecular Hbond substituents is 1. The van der Waals surface area contributed by atoms with E-state index in [1.807, 2.05) is 19.1 Å². The lowest BCUT2D eigenvalue weighted by molar-refractivity contribution is 0.370. The highest BCUT2D eigenvalue weighted by atomic mass is 127. The van der Waals surface area contributed by atoms with E-state index in [9.17, 15) is 13.9 Å². The Morgan fingerprint density at radius 3 is 2.61 bits per heavy atom. The third kappa shape index (κ3) is 7.14. The second kappa shape index (κ2) is 12.4. The molecular weight excluding hydrogens is 479 g/mol. The Morgan fingerprint density at radius 1 is 1.11 bits per heavy atom. The van der Waals surface area contributed by atoms with Gasteiger partial charge in [-0.1, -0.05) is 12.1 Å². The minimum atomic E-state index is -0.454. The van der Waals surface area contributed by atoms with Gasteiger partial charge in [0.2, 0.25) is 0 Å². The highest BCUT2D eigenvalue weighted by Crippen LogP contribution is 2.29. The Kier molecular flexibility index (Phi) is 10.6. The zero-order chi connectivity index (χ0) is 19.6. The summed E-state index contributed by atoms with van der Waals surface area (Å²) in [5.41, 5.74) is 1.07. The van der Waals surface area contributed by atoms with Crippen LogP contribution in [0, 0.1) is 11.6 Å². The number of rotatable bonds is 8. The van der Waals surface area contributed by atoms with Crippen molar-refractivity contribution in [3.05, 3.63) is 59.2 Å². The molecule has 2 rings (SSSR count). The molecule has 0 heterocycles. The summed E-state index contributed by atoms with van der Waals surface area (Å²) in [4.78, 5) is 4.45. The second-order valence-electron chi connectivity index (χ2n) is 5.89. The van der Waals surface area contributed by atoms with Gasteiger partial charge in [-0.2, -0.15) is 0 Å². The molecule has 0 aromatic heterocycles. The molecule has 8 heteroatoms. The van der Waals surface area contributed by atoms with Crippen LogP contribution in [0.25, 0.3) is 0 Å². The summed E-state index contributed by atoms with van der Waals surface area (Å²) < 4.78 is 32.0. The van der Waals surface area contributed by atoms with Crippen LogP contribution in [-0.2, 0) is 12.8 Å². The lowest BCUT2D eigenvalue weighted by atomic mass is 10.1. The highest BCUT2D eigenvalue weighted by molar-refractivity contribution is 14.0. The van der Waals surface area contributed by atoms with Crippen molar-refractivity contribution in [1.29, 1.82) is 0 Å². The van der Waals surface area contributed by atoms with E-state index in [4.69, 9.17) is 4.74 Å². The van der Waals surface area contributed by atoms with Crippen LogP contribution in [-0.4, -0.2) is 37.8 Å². The number of nitrogens with zero attached hydrogens (tertiary/aromatic N) is 1. The third-order valence-electron chi connectivity index (χ3n) is 3.99. The molecule has 2 aromatic rings. The Balaban J connectivity index is 0.00000392. The summed E-state index contributed by atoms with van der Waals surface area (Å²) in [6.07, 6.45) is 0.878. The maximum atomic E-state index is 13.7. The number of aliphatic imine (C=N–C) groups is 1. The molecule has 0 fully saturated rings. The third-order valence-corrected chi connectivity index (χ3v) is 3.99. The van der Waals surface area contributed by atoms with E-state index in [0.717, 1.165) is 17.7 Å². The first-order chi connectivity index (χ1) is 13.0. The first-order valence-corrected chi connectivity index (χ1v) is 8.86. The number of para-hydroxylation sites is 1. The average Bonchev–Trinajstić information content (AvgIpc) is 2.66. The van der Waals surface area contributed by atoms with Crippen molar-refractivity contribution >= 4 is 29.9 Å². The molecule has 0 unspecified atom stereocenters. The van der Waals surface area contributed by atoms with E-state index in [2.05, 4.69) is 15.6 Å². The van der Waals surface area contributed by atoms with E-state index in [0.29, 0.717) is 49.7 Å². The largest absolute Gasteiger partial charge is 0.504 e. The lowest BCUT2D eigenvalue weighted by Crippen LogP contribution is -2.38. The predicted molar refractivity (Wildman–Crippen MR) is 118 cm³/mol. The maximum absolute atomic E-state index is 13.7. The molecule has 0 atom stereocenters. The molecule has 0 amide bonds. The van der Waals surface area contributed by atoms with Crippen molar-refractivity contribution < 1.29 is 18.6 Å². The fourth-order valence-corrected chi connectivity index (χ4v) is 2.61. The number of hydrogen-bond donors (Lipinski definition) is 3. The standard InChI is InChI=1S/C20H25F2N3O2.HI/c1-3-23-20(25-12-10-15-13-16(21)7-8-17(15)22)24-11-9-14-5-4-6-18(27-2)19(14)26;/h4-8,13,26H,3,9-12H2,1-2H3,(H2,23,24,25);1H. The van der Waals surface area contributed by atoms with Crippen LogP contribution in [0.3, 0.4) is 0 Å². The van der Waals surface area contributed by atoms with Gasteiger partial charge in [0.15, 0.2) is 17.5 Å². The molecule has 28 heavy (non-hydrogen) atoms. The van der Waals surface area contributed by atoms with Gasteiger partial charge in [-0.05, 0) is 55.2 Å². The van der Waals surface area contributed by atoms with Crippen LogP contribution >= 0.6 is 24.0 Å². The Hall–Kier alpha value is -2.10. The van der Waals surface area contributed by atoms with Gasteiger partial charge in [0.05, 0.1) is 7.11 Å². The molecule has 0 saturated heterocycles. The lowest BCUT2D eigenvalue weighted by Gasteiger charge is -2.12. The van der Waals surface area contributed by atoms with E-state index in [1.54, 1.807) is 6.07 Å². The van der Waals surface area contributed by atoms with E-state index >= 15 is 0 Å². The number of ether oxygens (including phenoxy) is 1. The zero-order valence-electron chi connectivity index (χ0n) is 16.0. The molecule has 5 nitrogen and oxygen atoms in total. The van der Waals surface area contributed by atoms with Crippen LogP contribution in [0.5, 0.6) is 11.5 Å². The van der Waals surface area contributed by atoms with Crippen molar-refractivity contribution in [2.24, 2.45) is 4.99 Å². The van der Waals surface area contributed by atoms with Crippen molar-refractivity contribution in [2.75, 3.05) is 26.7 Å². The van der Waals surface area contributed by atoms with E-state index < -0.39 is 11.6 Å². The first-order valence-electron chi connectivity index (χ1n) is 8.86. The quantitative estimate of drug-likeness (QED) is 0.291. The van der Waals surface area contributed by atoms with Crippen LogP contribution in [0.4, 0.5) is 8.78 Å². The molecule has 0 spiro atoms. The number of halogens is 3. The molecule has 0 aliphatic heterocycles. The molecule has 0 aliphatic carbocycles. The number of guanidine groups is 1. The van der Waals surface area contributed by atoms with Crippen molar-refractivity contribution in [1.82, 2.24) is 10.6 Å². The van der Waals surface area contributed by atoms with Crippen molar-refractivity contribution in [3.8, 4) is 11.5 Å².